The van der Waals surface area contributed by atoms with Crippen molar-refractivity contribution in [3.8, 4) is 0 Å². The number of halogens is 2. The topological polar surface area (TPSA) is 35.6 Å². The van der Waals surface area contributed by atoms with Crippen LogP contribution >= 0.6 is 23.2 Å². The molecule has 1 fully saturated rings. The van der Waals surface area contributed by atoms with Gasteiger partial charge in [0.15, 0.2) is 0 Å². The minimum atomic E-state index is 0.0554. The van der Waals surface area contributed by atoms with Crippen molar-refractivity contribution < 1.29 is 4.79 Å². The summed E-state index contributed by atoms with van der Waals surface area (Å²) in [6, 6.07) is 13.7. The van der Waals surface area contributed by atoms with Crippen molar-refractivity contribution in [3.05, 3.63) is 58.1 Å². The van der Waals surface area contributed by atoms with Crippen LogP contribution in [0.5, 0.6) is 0 Å². The molecule has 2 aromatic rings. The summed E-state index contributed by atoms with van der Waals surface area (Å²) in [7, 11) is 0. The third-order valence-electron chi connectivity index (χ3n) is 4.38. The molecule has 0 saturated carbocycles. The standard InChI is InChI=1S/C19H21Cl2N3O/c1-14-4-2-5-15(12-14)23-8-10-24(11-9-23)18(25)13-22-19-16(20)6-3-7-17(19)21/h2-7,12,22H,8-11,13H2,1H3. The Hall–Kier alpha value is -1.91. The monoisotopic (exact) mass is 377 g/mol. The molecule has 1 heterocycles. The predicted molar refractivity (Wildman–Crippen MR) is 105 cm³/mol. The van der Waals surface area contributed by atoms with Crippen molar-refractivity contribution in [2.45, 2.75) is 6.92 Å². The van der Waals surface area contributed by atoms with Crippen LogP contribution in [-0.2, 0) is 4.79 Å². The Morgan fingerprint density at radius 1 is 1.04 bits per heavy atom. The van der Waals surface area contributed by atoms with Gasteiger partial charge in [-0.3, -0.25) is 4.79 Å². The molecule has 1 aliphatic heterocycles. The highest BCUT2D eigenvalue weighted by molar-refractivity contribution is 6.39. The molecule has 132 valence electrons. The number of amides is 1. The first-order chi connectivity index (χ1) is 12.0. The number of nitrogens with one attached hydrogen (secondary N) is 1. The van der Waals surface area contributed by atoms with E-state index in [0.29, 0.717) is 28.8 Å². The van der Waals surface area contributed by atoms with Gasteiger partial charge in [-0.25, -0.2) is 0 Å². The SMILES string of the molecule is Cc1cccc(N2CCN(C(=O)CNc3c(Cl)cccc3Cl)CC2)c1. The van der Waals surface area contributed by atoms with Gasteiger partial charge in [-0.1, -0.05) is 41.4 Å². The zero-order valence-electron chi connectivity index (χ0n) is 14.1. The molecular formula is C19H21Cl2N3O. The number of benzene rings is 2. The Morgan fingerprint density at radius 2 is 1.68 bits per heavy atom. The summed E-state index contributed by atoms with van der Waals surface area (Å²) in [5.41, 5.74) is 3.07. The maximum absolute atomic E-state index is 12.5. The van der Waals surface area contributed by atoms with E-state index < -0.39 is 0 Å². The summed E-state index contributed by atoms with van der Waals surface area (Å²) in [4.78, 5) is 16.6. The molecule has 0 aromatic heterocycles. The second-order valence-corrected chi connectivity index (χ2v) is 6.97. The summed E-state index contributed by atoms with van der Waals surface area (Å²) in [5.74, 6) is 0.0554. The third-order valence-corrected chi connectivity index (χ3v) is 5.01. The van der Waals surface area contributed by atoms with Gasteiger partial charge >= 0.3 is 0 Å². The van der Waals surface area contributed by atoms with E-state index >= 15 is 0 Å². The number of para-hydroxylation sites is 1. The van der Waals surface area contributed by atoms with Crippen molar-refractivity contribution in [1.82, 2.24) is 4.90 Å². The highest BCUT2D eigenvalue weighted by atomic mass is 35.5. The van der Waals surface area contributed by atoms with Gasteiger partial charge in [0.1, 0.15) is 0 Å². The van der Waals surface area contributed by atoms with E-state index in [4.69, 9.17) is 23.2 Å². The molecule has 2 aromatic carbocycles. The lowest BCUT2D eigenvalue weighted by Gasteiger charge is -2.36. The van der Waals surface area contributed by atoms with E-state index in [2.05, 4.69) is 41.4 Å². The van der Waals surface area contributed by atoms with Crippen LogP contribution in [0.2, 0.25) is 10.0 Å². The fourth-order valence-electron chi connectivity index (χ4n) is 2.98. The molecule has 1 N–H and O–H groups in total. The molecule has 1 amide bonds. The van der Waals surface area contributed by atoms with E-state index in [0.717, 1.165) is 13.1 Å². The number of nitrogens with zero attached hydrogens (tertiary/aromatic N) is 2. The molecule has 0 radical (unpaired) electrons. The van der Waals surface area contributed by atoms with E-state index in [9.17, 15) is 4.79 Å². The lowest BCUT2D eigenvalue weighted by atomic mass is 10.2. The average Bonchev–Trinajstić information content (AvgIpc) is 2.61. The van der Waals surface area contributed by atoms with E-state index in [1.165, 1.54) is 11.3 Å². The van der Waals surface area contributed by atoms with Gasteiger partial charge in [0.2, 0.25) is 5.91 Å². The zero-order valence-corrected chi connectivity index (χ0v) is 15.6. The number of carbonyl (C=O) groups excluding carboxylic acids is 1. The first-order valence-corrected chi connectivity index (χ1v) is 9.07. The van der Waals surface area contributed by atoms with Crippen molar-refractivity contribution in [3.63, 3.8) is 0 Å². The first-order valence-electron chi connectivity index (χ1n) is 8.32. The van der Waals surface area contributed by atoms with Crippen LogP contribution in [-0.4, -0.2) is 43.5 Å². The van der Waals surface area contributed by atoms with Gasteiger partial charge in [-0.05, 0) is 36.8 Å². The molecule has 1 aliphatic rings. The zero-order chi connectivity index (χ0) is 17.8. The first kappa shape index (κ1) is 17.9. The summed E-state index contributed by atoms with van der Waals surface area (Å²) in [6.07, 6.45) is 0. The Morgan fingerprint density at radius 3 is 2.32 bits per heavy atom. The maximum Gasteiger partial charge on any atom is 0.241 e. The second-order valence-electron chi connectivity index (χ2n) is 6.16. The Bertz CT molecular complexity index is 738. The van der Waals surface area contributed by atoms with Crippen LogP contribution < -0.4 is 10.2 Å². The van der Waals surface area contributed by atoms with Crippen molar-refractivity contribution in [2.24, 2.45) is 0 Å². The lowest BCUT2D eigenvalue weighted by molar-refractivity contribution is -0.129. The van der Waals surface area contributed by atoms with Gasteiger partial charge in [0.05, 0.1) is 22.3 Å². The molecule has 0 unspecified atom stereocenters. The molecule has 0 spiro atoms. The average molecular weight is 378 g/mol. The minimum Gasteiger partial charge on any atom is -0.374 e. The molecule has 0 aliphatic carbocycles. The number of piperazine rings is 1. The summed E-state index contributed by atoms with van der Waals surface area (Å²) in [6.45, 7) is 5.38. The van der Waals surface area contributed by atoms with Crippen LogP contribution in [0.25, 0.3) is 0 Å². The van der Waals surface area contributed by atoms with Crippen molar-refractivity contribution in [1.29, 1.82) is 0 Å². The van der Waals surface area contributed by atoms with E-state index in [1.54, 1.807) is 18.2 Å². The van der Waals surface area contributed by atoms with Gasteiger partial charge in [-0.2, -0.15) is 0 Å². The molecule has 4 nitrogen and oxygen atoms in total. The lowest BCUT2D eigenvalue weighted by Crippen LogP contribution is -2.50. The summed E-state index contributed by atoms with van der Waals surface area (Å²) >= 11 is 12.2. The molecule has 0 bridgehead atoms. The molecule has 1 saturated heterocycles. The molecular weight excluding hydrogens is 357 g/mol. The summed E-state index contributed by atoms with van der Waals surface area (Å²) in [5, 5.41) is 4.10. The quantitative estimate of drug-likeness (QED) is 0.872. The second kappa shape index (κ2) is 7.98. The van der Waals surface area contributed by atoms with Crippen LogP contribution in [0.15, 0.2) is 42.5 Å². The van der Waals surface area contributed by atoms with Gasteiger partial charge in [0.25, 0.3) is 0 Å². The number of aryl methyl sites for hydroxylation is 1. The van der Waals surface area contributed by atoms with Gasteiger partial charge in [0, 0.05) is 31.9 Å². The summed E-state index contributed by atoms with van der Waals surface area (Å²) < 4.78 is 0. The van der Waals surface area contributed by atoms with Crippen LogP contribution in [0.4, 0.5) is 11.4 Å². The molecule has 25 heavy (non-hydrogen) atoms. The Balaban J connectivity index is 1.53. The minimum absolute atomic E-state index is 0.0554. The van der Waals surface area contributed by atoms with Crippen molar-refractivity contribution >= 4 is 40.5 Å². The largest absolute Gasteiger partial charge is 0.374 e. The maximum atomic E-state index is 12.5. The highest BCUT2D eigenvalue weighted by Gasteiger charge is 2.21. The number of carbonyl (C=O) groups is 1. The predicted octanol–water partition coefficient (Wildman–Crippen LogP) is 4.06. The van der Waals surface area contributed by atoms with E-state index in [1.807, 2.05) is 4.90 Å². The fourth-order valence-corrected chi connectivity index (χ4v) is 3.51. The van der Waals surface area contributed by atoms with Crippen LogP contribution in [0, 0.1) is 6.92 Å². The Labute approximate surface area is 158 Å². The third kappa shape index (κ3) is 4.39. The fraction of sp³-hybridized carbons (Fsp3) is 0.316. The molecule has 6 heteroatoms. The molecule has 0 atom stereocenters. The number of anilines is 2. The number of hydrogen-bond donors (Lipinski definition) is 1. The smallest absolute Gasteiger partial charge is 0.241 e. The normalized spacial score (nSPS) is 14.5. The Kier molecular flexibility index (Phi) is 5.71. The van der Waals surface area contributed by atoms with Gasteiger partial charge in [-0.15, -0.1) is 0 Å². The number of hydrogen-bond acceptors (Lipinski definition) is 3. The number of rotatable bonds is 4. The van der Waals surface area contributed by atoms with Gasteiger partial charge < -0.3 is 15.1 Å². The van der Waals surface area contributed by atoms with Crippen LogP contribution in [0.1, 0.15) is 5.56 Å². The molecule has 3 rings (SSSR count). The van der Waals surface area contributed by atoms with E-state index in [-0.39, 0.29) is 12.5 Å². The van der Waals surface area contributed by atoms with Crippen molar-refractivity contribution in [2.75, 3.05) is 42.9 Å². The van der Waals surface area contributed by atoms with Crippen LogP contribution in [0.3, 0.4) is 0 Å². The highest BCUT2D eigenvalue weighted by Crippen LogP contribution is 2.29.